The summed E-state index contributed by atoms with van der Waals surface area (Å²) in [4.78, 5) is 11.9. The van der Waals surface area contributed by atoms with E-state index in [2.05, 4.69) is 20.4 Å². The van der Waals surface area contributed by atoms with E-state index in [1.807, 2.05) is 0 Å². The van der Waals surface area contributed by atoms with Gasteiger partial charge < -0.3 is 11.1 Å². The zero-order valence-electron chi connectivity index (χ0n) is 12.5. The molecule has 22 heavy (non-hydrogen) atoms. The maximum Gasteiger partial charge on any atom is 0.273 e. The van der Waals surface area contributed by atoms with Crippen molar-refractivity contribution in [3.05, 3.63) is 11.9 Å². The molecule has 0 radical (unpaired) electrons. The van der Waals surface area contributed by atoms with Crippen LogP contribution in [0.4, 0.5) is 0 Å². The Hall–Kier alpha value is -1.52. The summed E-state index contributed by atoms with van der Waals surface area (Å²) >= 11 is 0. The summed E-state index contributed by atoms with van der Waals surface area (Å²) in [6, 6.07) is 0.468. The first-order chi connectivity index (χ1) is 10.4. The second kappa shape index (κ2) is 7.16. The van der Waals surface area contributed by atoms with Crippen LogP contribution in [0.3, 0.4) is 0 Å². The summed E-state index contributed by atoms with van der Waals surface area (Å²) in [5.74, 6) is -0.603. The fourth-order valence-electron chi connectivity index (χ4n) is 2.42. The first-order valence-corrected chi connectivity index (χ1v) is 8.93. The minimum Gasteiger partial charge on any atom is -0.350 e. The Kier molecular flexibility index (Phi) is 5.48. The normalized spacial score (nSPS) is 22.5. The molecule has 0 unspecified atom stereocenters. The van der Waals surface area contributed by atoms with Gasteiger partial charge in [-0.05, 0) is 32.7 Å². The fraction of sp³-hybridized carbons (Fsp3) is 0.750. The van der Waals surface area contributed by atoms with Crippen LogP contribution in [0, 0.1) is 0 Å². The summed E-state index contributed by atoms with van der Waals surface area (Å²) < 4.78 is 26.4. The Morgan fingerprint density at radius 2 is 2.09 bits per heavy atom. The Labute approximate surface area is 129 Å². The lowest BCUT2D eigenvalue weighted by Crippen LogP contribution is -2.33. The molecule has 0 atom stereocenters. The van der Waals surface area contributed by atoms with Gasteiger partial charge in [-0.15, -0.1) is 5.10 Å². The predicted molar refractivity (Wildman–Crippen MR) is 80.7 cm³/mol. The lowest BCUT2D eigenvalue weighted by Gasteiger charge is -2.25. The molecule has 0 saturated heterocycles. The number of nitrogens with two attached hydrogens (primary N) is 1. The van der Waals surface area contributed by atoms with Gasteiger partial charge in [-0.25, -0.2) is 17.8 Å². The predicted octanol–water partition coefficient (Wildman–Crippen LogP) is -1.00. The van der Waals surface area contributed by atoms with Crippen molar-refractivity contribution in [2.24, 2.45) is 5.73 Å². The molecule has 1 heterocycles. The average molecular weight is 330 g/mol. The monoisotopic (exact) mass is 330 g/mol. The molecule has 1 aliphatic rings. The number of sulfonamides is 1. The number of hydrogen-bond acceptors (Lipinski definition) is 6. The Morgan fingerprint density at radius 3 is 2.73 bits per heavy atom. The van der Waals surface area contributed by atoms with E-state index in [0.29, 0.717) is 0 Å². The lowest BCUT2D eigenvalue weighted by molar-refractivity contribution is 0.0951. The van der Waals surface area contributed by atoms with Crippen LogP contribution >= 0.6 is 0 Å². The highest BCUT2D eigenvalue weighted by molar-refractivity contribution is 7.89. The van der Waals surface area contributed by atoms with E-state index in [0.717, 1.165) is 25.7 Å². The highest BCUT2D eigenvalue weighted by Gasteiger charge is 2.22. The van der Waals surface area contributed by atoms with Crippen molar-refractivity contribution in [1.82, 2.24) is 25.0 Å². The Balaban J connectivity index is 1.87. The quantitative estimate of drug-likeness (QED) is 0.613. The second-order valence-electron chi connectivity index (χ2n) is 5.43. The highest BCUT2D eigenvalue weighted by Crippen LogP contribution is 2.26. The van der Waals surface area contributed by atoms with Crippen LogP contribution in [0.15, 0.2) is 6.20 Å². The van der Waals surface area contributed by atoms with Gasteiger partial charge in [0.25, 0.3) is 5.91 Å². The van der Waals surface area contributed by atoms with Crippen molar-refractivity contribution in [2.75, 3.05) is 19.3 Å². The van der Waals surface area contributed by atoms with Crippen LogP contribution in [0.2, 0.25) is 0 Å². The number of nitrogens with zero attached hydrogens (tertiary/aromatic N) is 3. The molecule has 1 aromatic heterocycles. The van der Waals surface area contributed by atoms with Gasteiger partial charge in [-0.3, -0.25) is 4.79 Å². The van der Waals surface area contributed by atoms with Crippen LogP contribution in [-0.4, -0.2) is 54.7 Å². The van der Waals surface area contributed by atoms with Crippen LogP contribution in [0.5, 0.6) is 0 Å². The maximum atomic E-state index is 11.9. The molecule has 0 aliphatic heterocycles. The van der Waals surface area contributed by atoms with E-state index in [-0.39, 0.29) is 30.1 Å². The van der Waals surface area contributed by atoms with Crippen LogP contribution in [0.1, 0.15) is 42.2 Å². The van der Waals surface area contributed by atoms with Gasteiger partial charge in [0.2, 0.25) is 10.0 Å². The Bertz CT molecular complexity index is 606. The SMILES string of the molecule is CNS(=O)(=O)CCNC(=O)c1cn(C2CCC(N)CC2)nn1. The van der Waals surface area contributed by atoms with Gasteiger partial charge in [0, 0.05) is 12.6 Å². The fourth-order valence-corrected chi connectivity index (χ4v) is 2.99. The van der Waals surface area contributed by atoms with Gasteiger partial charge in [-0.1, -0.05) is 5.21 Å². The first kappa shape index (κ1) is 16.8. The molecule has 1 saturated carbocycles. The van der Waals surface area contributed by atoms with E-state index in [1.165, 1.54) is 7.05 Å². The van der Waals surface area contributed by atoms with E-state index in [9.17, 15) is 13.2 Å². The van der Waals surface area contributed by atoms with Crippen molar-refractivity contribution in [3.63, 3.8) is 0 Å². The van der Waals surface area contributed by atoms with E-state index < -0.39 is 15.9 Å². The molecule has 124 valence electrons. The zero-order chi connectivity index (χ0) is 16.2. The molecule has 0 aromatic carbocycles. The molecule has 9 nitrogen and oxygen atoms in total. The summed E-state index contributed by atoms with van der Waals surface area (Å²) in [6.45, 7) is 0.0210. The van der Waals surface area contributed by atoms with Gasteiger partial charge in [0.05, 0.1) is 18.0 Å². The van der Waals surface area contributed by atoms with Crippen LogP contribution < -0.4 is 15.8 Å². The van der Waals surface area contributed by atoms with E-state index in [1.54, 1.807) is 10.9 Å². The van der Waals surface area contributed by atoms with Crippen molar-refractivity contribution in [1.29, 1.82) is 0 Å². The topological polar surface area (TPSA) is 132 Å². The number of nitrogens with one attached hydrogen (secondary N) is 2. The molecule has 1 fully saturated rings. The van der Waals surface area contributed by atoms with Crippen molar-refractivity contribution >= 4 is 15.9 Å². The molecule has 1 aliphatic carbocycles. The maximum absolute atomic E-state index is 11.9. The van der Waals surface area contributed by atoms with Crippen LogP contribution in [-0.2, 0) is 10.0 Å². The van der Waals surface area contributed by atoms with Crippen LogP contribution in [0.25, 0.3) is 0 Å². The van der Waals surface area contributed by atoms with Gasteiger partial charge in [0.15, 0.2) is 5.69 Å². The molecular formula is C12H22N6O3S. The molecular weight excluding hydrogens is 308 g/mol. The highest BCUT2D eigenvalue weighted by atomic mass is 32.2. The van der Waals surface area contributed by atoms with Gasteiger partial charge >= 0.3 is 0 Å². The van der Waals surface area contributed by atoms with E-state index in [4.69, 9.17) is 5.73 Å². The van der Waals surface area contributed by atoms with Gasteiger partial charge in [-0.2, -0.15) is 0 Å². The van der Waals surface area contributed by atoms with Crippen molar-refractivity contribution < 1.29 is 13.2 Å². The molecule has 1 amide bonds. The summed E-state index contributed by atoms with van der Waals surface area (Å²) in [5, 5.41) is 10.4. The summed E-state index contributed by atoms with van der Waals surface area (Å²) in [6.07, 6.45) is 5.32. The Morgan fingerprint density at radius 1 is 1.41 bits per heavy atom. The number of hydrogen-bond donors (Lipinski definition) is 3. The van der Waals surface area contributed by atoms with Gasteiger partial charge in [0.1, 0.15) is 0 Å². The third-order valence-electron chi connectivity index (χ3n) is 3.83. The third-order valence-corrected chi connectivity index (χ3v) is 5.19. The standard InChI is InChI=1S/C12H22N6O3S/c1-14-22(20,21)7-6-15-12(19)11-8-18(17-16-11)10-4-2-9(13)3-5-10/h8-10,14H,2-7,13H2,1H3,(H,15,19). The molecule has 1 aromatic rings. The average Bonchev–Trinajstić information content (AvgIpc) is 2.97. The molecule has 0 spiro atoms. The molecule has 4 N–H and O–H groups in total. The third kappa shape index (κ3) is 4.49. The number of rotatable bonds is 6. The number of aromatic nitrogens is 3. The minimum absolute atomic E-state index is 0.0210. The smallest absolute Gasteiger partial charge is 0.273 e. The van der Waals surface area contributed by atoms with Crippen molar-refractivity contribution in [2.45, 2.75) is 37.8 Å². The summed E-state index contributed by atoms with van der Waals surface area (Å²) in [7, 11) is -2.00. The number of amides is 1. The second-order valence-corrected chi connectivity index (χ2v) is 7.48. The molecule has 2 rings (SSSR count). The molecule has 0 bridgehead atoms. The summed E-state index contributed by atoms with van der Waals surface area (Å²) in [5.41, 5.74) is 6.06. The molecule has 10 heteroatoms. The number of carbonyl (C=O) groups excluding carboxylic acids is 1. The van der Waals surface area contributed by atoms with Crippen molar-refractivity contribution in [3.8, 4) is 0 Å². The minimum atomic E-state index is -3.33. The van der Waals surface area contributed by atoms with E-state index >= 15 is 0 Å². The first-order valence-electron chi connectivity index (χ1n) is 7.28. The lowest BCUT2D eigenvalue weighted by atomic mass is 9.92. The largest absolute Gasteiger partial charge is 0.350 e. The zero-order valence-corrected chi connectivity index (χ0v) is 13.3. The number of carbonyl (C=O) groups is 1.